The number of aromatic hydroxyl groups is 1. The maximum absolute atomic E-state index is 12.3. The van der Waals surface area contributed by atoms with Crippen LogP contribution in [-0.4, -0.2) is 34.4 Å². The first-order valence-electron chi connectivity index (χ1n) is 5.91. The van der Waals surface area contributed by atoms with Crippen molar-refractivity contribution in [3.05, 3.63) is 29.3 Å². The van der Waals surface area contributed by atoms with Gasteiger partial charge < -0.3 is 15.7 Å². The zero-order chi connectivity index (χ0) is 13.3. The fourth-order valence-corrected chi connectivity index (χ4v) is 2.32. The van der Waals surface area contributed by atoms with Gasteiger partial charge in [-0.3, -0.25) is 9.59 Å². The number of hydrogen-bond acceptors (Lipinski definition) is 3. The highest BCUT2D eigenvalue weighted by Gasteiger charge is 2.33. The molecule has 18 heavy (non-hydrogen) atoms. The molecule has 5 nitrogen and oxygen atoms in total. The fourth-order valence-electron chi connectivity index (χ4n) is 2.32. The molecule has 1 heterocycles. The van der Waals surface area contributed by atoms with E-state index in [0.29, 0.717) is 24.1 Å². The van der Waals surface area contributed by atoms with Crippen molar-refractivity contribution in [2.75, 3.05) is 6.54 Å². The summed E-state index contributed by atoms with van der Waals surface area (Å²) in [7, 11) is 0. The lowest BCUT2D eigenvalue weighted by Crippen LogP contribution is -2.43. The summed E-state index contributed by atoms with van der Waals surface area (Å²) in [6, 6.07) is 4.26. The molecule has 1 saturated heterocycles. The first-order chi connectivity index (χ1) is 8.52. The molecule has 1 aliphatic rings. The Kier molecular flexibility index (Phi) is 3.23. The van der Waals surface area contributed by atoms with Crippen LogP contribution in [-0.2, 0) is 4.79 Å². The number of primary amides is 1. The van der Waals surface area contributed by atoms with Gasteiger partial charge in [-0.2, -0.15) is 0 Å². The average molecular weight is 248 g/mol. The second-order valence-electron chi connectivity index (χ2n) is 4.51. The van der Waals surface area contributed by atoms with Crippen LogP contribution in [0, 0.1) is 6.92 Å². The van der Waals surface area contributed by atoms with E-state index in [2.05, 4.69) is 0 Å². The third-order valence-electron chi connectivity index (χ3n) is 3.38. The maximum Gasteiger partial charge on any atom is 0.254 e. The van der Waals surface area contributed by atoms with Gasteiger partial charge in [-0.05, 0) is 31.9 Å². The molecule has 2 amide bonds. The third kappa shape index (κ3) is 2.03. The lowest BCUT2D eigenvalue weighted by molar-refractivity contribution is -0.121. The highest BCUT2D eigenvalue weighted by molar-refractivity contribution is 5.99. The lowest BCUT2D eigenvalue weighted by atomic mass is 10.1. The minimum absolute atomic E-state index is 0.0793. The van der Waals surface area contributed by atoms with Crippen LogP contribution >= 0.6 is 0 Å². The van der Waals surface area contributed by atoms with E-state index >= 15 is 0 Å². The first-order valence-corrected chi connectivity index (χ1v) is 5.91. The van der Waals surface area contributed by atoms with Crippen molar-refractivity contribution < 1.29 is 14.7 Å². The largest absolute Gasteiger partial charge is 0.508 e. The van der Waals surface area contributed by atoms with Crippen molar-refractivity contribution in [1.82, 2.24) is 4.90 Å². The lowest BCUT2D eigenvalue weighted by Gasteiger charge is -2.23. The summed E-state index contributed by atoms with van der Waals surface area (Å²) in [5.74, 6) is -0.640. The van der Waals surface area contributed by atoms with Gasteiger partial charge in [0.1, 0.15) is 11.8 Å². The first kappa shape index (κ1) is 12.4. The molecule has 0 spiro atoms. The van der Waals surface area contributed by atoms with Gasteiger partial charge in [0, 0.05) is 17.7 Å². The molecule has 96 valence electrons. The number of carbonyl (C=O) groups excluding carboxylic acids is 2. The standard InChI is InChI=1S/C13H16N2O3/c1-8-9(4-2-6-11(8)16)13(18)15-7-3-5-10(15)12(14)17/h2,4,6,10,16H,3,5,7H2,1H3,(H2,14,17). The van der Waals surface area contributed by atoms with Gasteiger partial charge in [-0.25, -0.2) is 0 Å². The van der Waals surface area contributed by atoms with Gasteiger partial charge in [-0.1, -0.05) is 6.07 Å². The maximum atomic E-state index is 12.3. The molecule has 1 atom stereocenters. The number of nitrogens with zero attached hydrogens (tertiary/aromatic N) is 1. The minimum atomic E-state index is -0.528. The molecular formula is C13H16N2O3. The number of hydrogen-bond donors (Lipinski definition) is 2. The van der Waals surface area contributed by atoms with E-state index in [1.54, 1.807) is 19.1 Å². The van der Waals surface area contributed by atoms with Crippen LogP contribution in [0.4, 0.5) is 0 Å². The van der Waals surface area contributed by atoms with Gasteiger partial charge in [-0.15, -0.1) is 0 Å². The van der Waals surface area contributed by atoms with E-state index in [1.165, 1.54) is 11.0 Å². The Morgan fingerprint density at radius 1 is 1.44 bits per heavy atom. The summed E-state index contributed by atoms with van der Waals surface area (Å²) >= 11 is 0. The normalized spacial score (nSPS) is 18.9. The summed E-state index contributed by atoms with van der Waals surface area (Å²) < 4.78 is 0. The van der Waals surface area contributed by atoms with E-state index in [-0.39, 0.29) is 11.7 Å². The molecule has 0 radical (unpaired) electrons. The molecule has 0 saturated carbocycles. The van der Waals surface area contributed by atoms with Crippen LogP contribution in [0.1, 0.15) is 28.8 Å². The molecule has 1 unspecified atom stereocenters. The van der Waals surface area contributed by atoms with E-state index in [1.807, 2.05) is 0 Å². The molecule has 0 aliphatic carbocycles. The molecule has 1 fully saturated rings. The Morgan fingerprint density at radius 3 is 2.83 bits per heavy atom. The topological polar surface area (TPSA) is 83.6 Å². The molecule has 2 rings (SSSR count). The minimum Gasteiger partial charge on any atom is -0.508 e. The van der Waals surface area contributed by atoms with Gasteiger partial charge in [0.2, 0.25) is 5.91 Å². The predicted octanol–water partition coefficient (Wildman–Crippen LogP) is 0.791. The molecule has 1 aromatic rings. The molecule has 1 aliphatic heterocycles. The SMILES string of the molecule is Cc1c(O)cccc1C(=O)N1CCCC1C(N)=O. The van der Waals surface area contributed by atoms with E-state index in [4.69, 9.17) is 5.73 Å². The molecule has 1 aromatic carbocycles. The number of likely N-dealkylation sites (tertiary alicyclic amines) is 1. The Bertz CT molecular complexity index is 499. The van der Waals surface area contributed by atoms with Crippen LogP contribution in [0.5, 0.6) is 5.75 Å². The molecule has 3 N–H and O–H groups in total. The summed E-state index contributed by atoms with van der Waals surface area (Å²) in [5, 5.41) is 9.60. The van der Waals surface area contributed by atoms with E-state index < -0.39 is 11.9 Å². The predicted molar refractivity (Wildman–Crippen MR) is 66.1 cm³/mol. The molecular weight excluding hydrogens is 232 g/mol. The fraction of sp³-hybridized carbons (Fsp3) is 0.385. The number of phenolic OH excluding ortho intramolecular Hbond substituents is 1. The van der Waals surface area contributed by atoms with Crippen molar-refractivity contribution in [1.29, 1.82) is 0 Å². The van der Waals surface area contributed by atoms with Crippen molar-refractivity contribution in [3.63, 3.8) is 0 Å². The summed E-state index contributed by atoms with van der Waals surface area (Å²) in [5.41, 5.74) is 6.23. The van der Waals surface area contributed by atoms with Crippen LogP contribution < -0.4 is 5.73 Å². The van der Waals surface area contributed by atoms with Gasteiger partial charge in [0.05, 0.1) is 0 Å². The van der Waals surface area contributed by atoms with Crippen molar-refractivity contribution in [3.8, 4) is 5.75 Å². The van der Waals surface area contributed by atoms with E-state index in [0.717, 1.165) is 6.42 Å². The Balaban J connectivity index is 2.31. The average Bonchev–Trinajstić information content (AvgIpc) is 2.81. The smallest absolute Gasteiger partial charge is 0.254 e. The second-order valence-corrected chi connectivity index (χ2v) is 4.51. The van der Waals surface area contributed by atoms with Crippen LogP contribution in [0.3, 0.4) is 0 Å². The van der Waals surface area contributed by atoms with Crippen LogP contribution in [0.15, 0.2) is 18.2 Å². The second kappa shape index (κ2) is 4.68. The van der Waals surface area contributed by atoms with Gasteiger partial charge in [0.25, 0.3) is 5.91 Å². The van der Waals surface area contributed by atoms with E-state index in [9.17, 15) is 14.7 Å². The zero-order valence-corrected chi connectivity index (χ0v) is 10.2. The van der Waals surface area contributed by atoms with Crippen molar-refractivity contribution in [2.24, 2.45) is 5.73 Å². The number of amides is 2. The number of nitrogens with two attached hydrogens (primary N) is 1. The highest BCUT2D eigenvalue weighted by atomic mass is 16.3. The molecule has 0 aromatic heterocycles. The molecule has 5 heteroatoms. The number of phenols is 1. The quantitative estimate of drug-likeness (QED) is 0.811. The van der Waals surface area contributed by atoms with Crippen molar-refractivity contribution in [2.45, 2.75) is 25.8 Å². The number of benzene rings is 1. The summed E-state index contributed by atoms with van der Waals surface area (Å²) in [6.07, 6.45) is 1.39. The van der Waals surface area contributed by atoms with Crippen LogP contribution in [0.25, 0.3) is 0 Å². The van der Waals surface area contributed by atoms with Gasteiger partial charge in [0.15, 0.2) is 0 Å². The number of rotatable bonds is 2. The molecule has 0 bridgehead atoms. The zero-order valence-electron chi connectivity index (χ0n) is 10.2. The Hall–Kier alpha value is -2.04. The van der Waals surface area contributed by atoms with Crippen LogP contribution in [0.2, 0.25) is 0 Å². The Morgan fingerprint density at radius 2 is 2.17 bits per heavy atom. The highest BCUT2D eigenvalue weighted by Crippen LogP contribution is 2.25. The van der Waals surface area contributed by atoms with Crippen molar-refractivity contribution >= 4 is 11.8 Å². The third-order valence-corrected chi connectivity index (χ3v) is 3.38. The summed E-state index contributed by atoms with van der Waals surface area (Å²) in [6.45, 7) is 2.21. The number of carbonyl (C=O) groups is 2. The monoisotopic (exact) mass is 248 g/mol. The van der Waals surface area contributed by atoms with Gasteiger partial charge >= 0.3 is 0 Å². The Labute approximate surface area is 105 Å². The summed E-state index contributed by atoms with van der Waals surface area (Å²) in [4.78, 5) is 25.1.